The van der Waals surface area contributed by atoms with Crippen molar-refractivity contribution in [2.45, 2.75) is 6.92 Å². The molecule has 0 aliphatic heterocycles. The molecule has 0 radical (unpaired) electrons. The van der Waals surface area contributed by atoms with Gasteiger partial charge in [0.05, 0.1) is 10.5 Å². The van der Waals surface area contributed by atoms with Gasteiger partial charge in [0, 0.05) is 17.6 Å². The van der Waals surface area contributed by atoms with Crippen molar-refractivity contribution >= 4 is 27.4 Å². The summed E-state index contributed by atoms with van der Waals surface area (Å²) in [6.07, 6.45) is 1.33. The zero-order valence-electron chi connectivity index (χ0n) is 10.8. The van der Waals surface area contributed by atoms with Gasteiger partial charge >= 0.3 is 5.69 Å². The van der Waals surface area contributed by atoms with Crippen LogP contribution in [0.2, 0.25) is 0 Å². The summed E-state index contributed by atoms with van der Waals surface area (Å²) >= 11 is 3.19. The zero-order valence-corrected chi connectivity index (χ0v) is 12.3. The molecule has 104 valence electrons. The van der Waals surface area contributed by atoms with Gasteiger partial charge in [0.25, 0.3) is 0 Å². The van der Waals surface area contributed by atoms with Crippen LogP contribution in [0.1, 0.15) is 5.56 Å². The summed E-state index contributed by atoms with van der Waals surface area (Å²) in [5.41, 5.74) is 0.538. The average molecular weight is 339 g/mol. The normalized spacial score (nSPS) is 10.2. The summed E-state index contributed by atoms with van der Waals surface area (Å²) in [5, 5.41) is 13.9. The number of benzene rings is 1. The van der Waals surface area contributed by atoms with Crippen LogP contribution in [0.5, 0.6) is 11.6 Å². The van der Waals surface area contributed by atoms with Crippen molar-refractivity contribution in [2.24, 2.45) is 0 Å². The number of nitrogens with one attached hydrogen (secondary N) is 1. The molecule has 1 heterocycles. The van der Waals surface area contributed by atoms with Crippen LogP contribution in [0.25, 0.3) is 0 Å². The first-order chi connectivity index (χ1) is 9.52. The predicted molar refractivity (Wildman–Crippen MR) is 77.2 cm³/mol. The maximum atomic E-state index is 11.0. The standard InChI is InChI=1S/C12H11BrN4O3/c1-7-11(14-2)15-6-16-12(7)20-10-4-3-8(13)5-9(10)17(18)19/h3-6H,1-2H3,(H,14,15,16). The second-order valence-electron chi connectivity index (χ2n) is 3.87. The molecule has 1 aromatic carbocycles. The highest BCUT2D eigenvalue weighted by Crippen LogP contribution is 2.34. The quantitative estimate of drug-likeness (QED) is 0.679. The Labute approximate surface area is 123 Å². The van der Waals surface area contributed by atoms with E-state index in [-0.39, 0.29) is 17.3 Å². The Balaban J connectivity index is 2.42. The first-order valence-electron chi connectivity index (χ1n) is 5.64. The average Bonchev–Trinajstić information content (AvgIpc) is 2.42. The maximum Gasteiger partial charge on any atom is 0.312 e. The third kappa shape index (κ3) is 2.85. The molecule has 1 aromatic heterocycles. The lowest BCUT2D eigenvalue weighted by atomic mass is 10.3. The van der Waals surface area contributed by atoms with Gasteiger partial charge in [0.1, 0.15) is 12.1 Å². The van der Waals surface area contributed by atoms with Crippen molar-refractivity contribution in [2.75, 3.05) is 12.4 Å². The number of rotatable bonds is 4. The van der Waals surface area contributed by atoms with E-state index < -0.39 is 4.92 Å². The number of nitro groups is 1. The minimum Gasteiger partial charge on any atom is -0.431 e. The number of hydrogen-bond donors (Lipinski definition) is 1. The number of nitrogens with zero attached hydrogens (tertiary/aromatic N) is 3. The SMILES string of the molecule is CNc1ncnc(Oc2ccc(Br)cc2[N+](=O)[O-])c1C. The Bertz CT molecular complexity index is 663. The zero-order chi connectivity index (χ0) is 14.7. The Hall–Kier alpha value is -2.22. The Kier molecular flexibility index (Phi) is 4.14. The predicted octanol–water partition coefficient (Wildman–Crippen LogP) is 3.29. The summed E-state index contributed by atoms with van der Waals surface area (Å²) in [6, 6.07) is 4.56. The summed E-state index contributed by atoms with van der Waals surface area (Å²) in [5.74, 6) is 1.01. The molecule has 1 N–H and O–H groups in total. The molecule has 0 spiro atoms. The fourth-order valence-electron chi connectivity index (χ4n) is 1.61. The van der Waals surface area contributed by atoms with Gasteiger partial charge in [-0.1, -0.05) is 15.9 Å². The largest absolute Gasteiger partial charge is 0.431 e. The van der Waals surface area contributed by atoms with Gasteiger partial charge in [-0.25, -0.2) is 9.97 Å². The number of anilines is 1. The van der Waals surface area contributed by atoms with Gasteiger partial charge in [0.2, 0.25) is 11.6 Å². The summed E-state index contributed by atoms with van der Waals surface area (Å²) in [7, 11) is 1.72. The van der Waals surface area contributed by atoms with E-state index >= 15 is 0 Å². The third-order valence-corrected chi connectivity index (χ3v) is 3.09. The van der Waals surface area contributed by atoms with E-state index in [4.69, 9.17) is 4.74 Å². The second kappa shape index (κ2) is 5.83. The lowest BCUT2D eigenvalue weighted by Crippen LogP contribution is -2.01. The number of ether oxygens (including phenoxy) is 1. The van der Waals surface area contributed by atoms with E-state index in [2.05, 4.69) is 31.2 Å². The molecule has 0 aliphatic carbocycles. The van der Waals surface area contributed by atoms with Gasteiger partial charge in [-0.3, -0.25) is 10.1 Å². The van der Waals surface area contributed by atoms with Gasteiger partial charge in [-0.15, -0.1) is 0 Å². The van der Waals surface area contributed by atoms with Crippen molar-refractivity contribution in [3.05, 3.63) is 44.7 Å². The highest BCUT2D eigenvalue weighted by atomic mass is 79.9. The van der Waals surface area contributed by atoms with Gasteiger partial charge < -0.3 is 10.1 Å². The van der Waals surface area contributed by atoms with E-state index in [1.807, 2.05) is 0 Å². The first-order valence-corrected chi connectivity index (χ1v) is 6.43. The van der Waals surface area contributed by atoms with Crippen LogP contribution in [0.15, 0.2) is 29.0 Å². The monoisotopic (exact) mass is 338 g/mol. The number of hydrogen-bond acceptors (Lipinski definition) is 6. The van der Waals surface area contributed by atoms with Crippen molar-refractivity contribution in [1.82, 2.24) is 9.97 Å². The molecule has 0 unspecified atom stereocenters. The van der Waals surface area contributed by atoms with E-state index in [0.717, 1.165) is 0 Å². The molecule has 0 fully saturated rings. The summed E-state index contributed by atoms with van der Waals surface area (Å²) < 4.78 is 6.15. The molecule has 2 aromatic rings. The molecule has 2 rings (SSSR count). The van der Waals surface area contributed by atoms with E-state index in [1.54, 1.807) is 20.0 Å². The van der Waals surface area contributed by atoms with Crippen LogP contribution >= 0.6 is 15.9 Å². The van der Waals surface area contributed by atoms with E-state index in [0.29, 0.717) is 15.9 Å². The van der Waals surface area contributed by atoms with Crippen LogP contribution < -0.4 is 10.1 Å². The Morgan fingerprint density at radius 3 is 2.80 bits per heavy atom. The molecule has 8 heteroatoms. The molecule has 0 bridgehead atoms. The van der Waals surface area contributed by atoms with Crippen molar-refractivity contribution < 1.29 is 9.66 Å². The smallest absolute Gasteiger partial charge is 0.312 e. The fraction of sp³-hybridized carbons (Fsp3) is 0.167. The third-order valence-electron chi connectivity index (χ3n) is 2.60. The van der Waals surface area contributed by atoms with Crippen molar-refractivity contribution in [1.29, 1.82) is 0 Å². The minimum atomic E-state index is -0.504. The molecule has 0 saturated heterocycles. The molecule has 0 amide bonds. The minimum absolute atomic E-state index is 0.127. The highest BCUT2D eigenvalue weighted by Gasteiger charge is 2.18. The lowest BCUT2D eigenvalue weighted by molar-refractivity contribution is -0.385. The first kappa shape index (κ1) is 14.2. The second-order valence-corrected chi connectivity index (χ2v) is 4.79. The van der Waals surface area contributed by atoms with Gasteiger partial charge in [-0.05, 0) is 19.1 Å². The Morgan fingerprint density at radius 1 is 1.40 bits per heavy atom. The van der Waals surface area contributed by atoms with Crippen molar-refractivity contribution in [3.63, 3.8) is 0 Å². The van der Waals surface area contributed by atoms with Crippen LogP contribution in [-0.4, -0.2) is 21.9 Å². The molecular formula is C12H11BrN4O3. The number of aromatic nitrogens is 2. The van der Waals surface area contributed by atoms with E-state index in [1.165, 1.54) is 18.5 Å². The molecule has 0 saturated carbocycles. The summed E-state index contributed by atoms with van der Waals surface area (Å²) in [6.45, 7) is 1.77. The Morgan fingerprint density at radius 2 is 2.15 bits per heavy atom. The maximum absolute atomic E-state index is 11.0. The van der Waals surface area contributed by atoms with Crippen molar-refractivity contribution in [3.8, 4) is 11.6 Å². The van der Waals surface area contributed by atoms with Crippen LogP contribution in [0.3, 0.4) is 0 Å². The van der Waals surface area contributed by atoms with Gasteiger partial charge in [-0.2, -0.15) is 0 Å². The highest BCUT2D eigenvalue weighted by molar-refractivity contribution is 9.10. The number of halogens is 1. The molecule has 0 aliphatic rings. The fourth-order valence-corrected chi connectivity index (χ4v) is 1.96. The molecule has 0 atom stereocenters. The molecular weight excluding hydrogens is 328 g/mol. The summed E-state index contributed by atoms with van der Waals surface area (Å²) in [4.78, 5) is 18.6. The number of nitro benzene ring substituents is 1. The lowest BCUT2D eigenvalue weighted by Gasteiger charge is -2.10. The van der Waals surface area contributed by atoms with Crippen LogP contribution in [-0.2, 0) is 0 Å². The molecule has 20 heavy (non-hydrogen) atoms. The van der Waals surface area contributed by atoms with Gasteiger partial charge in [0.15, 0.2) is 0 Å². The topological polar surface area (TPSA) is 90.2 Å². The van der Waals surface area contributed by atoms with E-state index in [9.17, 15) is 10.1 Å². The van der Waals surface area contributed by atoms with Crippen LogP contribution in [0, 0.1) is 17.0 Å². The van der Waals surface area contributed by atoms with Crippen LogP contribution in [0.4, 0.5) is 11.5 Å². The molecule has 7 nitrogen and oxygen atoms in total.